The fourth-order valence-electron chi connectivity index (χ4n) is 4.58. The van der Waals surface area contributed by atoms with E-state index in [1.807, 2.05) is 24.3 Å². The van der Waals surface area contributed by atoms with E-state index in [0.717, 1.165) is 36.2 Å². The molecule has 1 aliphatic carbocycles. The van der Waals surface area contributed by atoms with Crippen LogP contribution in [0.4, 0.5) is 0 Å². The molecule has 26 heavy (non-hydrogen) atoms. The molecule has 136 valence electrons. The number of carbonyl (C=O) groups is 2. The number of aromatic nitrogens is 2. The number of rotatable bonds is 5. The predicted molar refractivity (Wildman–Crippen MR) is 94.2 cm³/mol. The van der Waals surface area contributed by atoms with Crippen LogP contribution in [-0.2, 0) is 16.1 Å². The second-order valence-corrected chi connectivity index (χ2v) is 8.05. The molecule has 3 aliphatic rings. The summed E-state index contributed by atoms with van der Waals surface area (Å²) in [6.45, 7) is 2.50. The second kappa shape index (κ2) is 5.54. The number of hydrogen-bond donors (Lipinski definition) is 2. The highest BCUT2D eigenvalue weighted by Gasteiger charge is 2.62. The number of carboxylic acids is 1. The number of para-hydroxylation sites is 2. The Morgan fingerprint density at radius 3 is 2.81 bits per heavy atom. The minimum atomic E-state index is -0.974. The van der Waals surface area contributed by atoms with Gasteiger partial charge >= 0.3 is 5.97 Å². The number of amides is 1. The van der Waals surface area contributed by atoms with Gasteiger partial charge in [0.25, 0.3) is 0 Å². The van der Waals surface area contributed by atoms with Crippen molar-refractivity contribution >= 4 is 22.9 Å². The van der Waals surface area contributed by atoms with Crippen LogP contribution in [0.25, 0.3) is 11.0 Å². The van der Waals surface area contributed by atoms with Gasteiger partial charge in [-0.05, 0) is 30.9 Å². The SMILES string of the molecule is O=C1[C@@H]2CN(Cc3nc4ccccc4[nH]3)C[C@]2(C(=O)O)CN1CC1CC1. The lowest BCUT2D eigenvalue weighted by molar-refractivity contribution is -0.149. The average Bonchev–Trinajstić information content (AvgIpc) is 3.12. The first-order valence-corrected chi connectivity index (χ1v) is 9.23. The normalized spacial score (nSPS) is 28.8. The van der Waals surface area contributed by atoms with Crippen molar-refractivity contribution in [1.29, 1.82) is 0 Å². The topological polar surface area (TPSA) is 89.5 Å². The van der Waals surface area contributed by atoms with Gasteiger partial charge in [0.05, 0.1) is 23.5 Å². The fourth-order valence-corrected chi connectivity index (χ4v) is 4.58. The predicted octanol–water partition coefficient (Wildman–Crippen LogP) is 1.32. The van der Waals surface area contributed by atoms with Gasteiger partial charge in [-0.2, -0.15) is 0 Å². The molecule has 1 aromatic carbocycles. The minimum absolute atomic E-state index is 0.0198. The van der Waals surface area contributed by atoms with Crippen molar-refractivity contribution in [1.82, 2.24) is 19.8 Å². The molecule has 0 bridgehead atoms. The number of nitrogens with one attached hydrogen (secondary N) is 1. The van der Waals surface area contributed by atoms with Gasteiger partial charge in [0, 0.05) is 26.2 Å². The van der Waals surface area contributed by atoms with Gasteiger partial charge in [0.15, 0.2) is 0 Å². The summed E-state index contributed by atoms with van der Waals surface area (Å²) >= 11 is 0. The number of benzene rings is 1. The first-order valence-electron chi connectivity index (χ1n) is 9.23. The third-order valence-electron chi connectivity index (χ3n) is 6.11. The van der Waals surface area contributed by atoms with Crippen molar-refractivity contribution in [3.05, 3.63) is 30.1 Å². The molecule has 5 rings (SSSR count). The molecule has 1 aromatic heterocycles. The van der Waals surface area contributed by atoms with Gasteiger partial charge in [-0.1, -0.05) is 12.1 Å². The minimum Gasteiger partial charge on any atom is -0.481 e. The molecule has 0 radical (unpaired) electrons. The van der Waals surface area contributed by atoms with E-state index in [4.69, 9.17) is 0 Å². The Balaban J connectivity index is 1.35. The summed E-state index contributed by atoms with van der Waals surface area (Å²) in [7, 11) is 0. The van der Waals surface area contributed by atoms with Gasteiger partial charge in [-0.25, -0.2) is 4.98 Å². The number of aliphatic carboxylic acids is 1. The summed E-state index contributed by atoms with van der Waals surface area (Å²) in [5.74, 6) is 0.125. The van der Waals surface area contributed by atoms with E-state index in [-0.39, 0.29) is 5.91 Å². The number of carboxylic acid groups (broad SMARTS) is 1. The van der Waals surface area contributed by atoms with E-state index >= 15 is 0 Å². The van der Waals surface area contributed by atoms with Gasteiger partial charge in [-0.3, -0.25) is 14.5 Å². The summed E-state index contributed by atoms with van der Waals surface area (Å²) in [4.78, 5) is 36.6. The van der Waals surface area contributed by atoms with Crippen LogP contribution in [0.1, 0.15) is 18.7 Å². The highest BCUT2D eigenvalue weighted by molar-refractivity contribution is 5.92. The standard InChI is InChI=1S/C19H22N4O3/c24-17-13-8-22(9-16-20-14-3-1-2-4-15(14)21-16)10-19(13,18(25)26)11-23(17)7-12-5-6-12/h1-4,12-13H,5-11H2,(H,20,21)(H,25,26)/t13-,19-/m0/s1. The highest BCUT2D eigenvalue weighted by Crippen LogP contribution is 2.45. The van der Waals surface area contributed by atoms with Crippen molar-refractivity contribution in [3.63, 3.8) is 0 Å². The van der Waals surface area contributed by atoms with E-state index < -0.39 is 17.3 Å². The lowest BCUT2D eigenvalue weighted by Crippen LogP contribution is -2.41. The molecule has 3 fully saturated rings. The third-order valence-corrected chi connectivity index (χ3v) is 6.11. The maximum atomic E-state index is 12.8. The number of likely N-dealkylation sites (tertiary alicyclic amines) is 2. The van der Waals surface area contributed by atoms with Gasteiger partial charge in [0.2, 0.25) is 5.91 Å². The molecule has 7 heteroatoms. The van der Waals surface area contributed by atoms with Crippen LogP contribution >= 0.6 is 0 Å². The van der Waals surface area contributed by atoms with E-state index in [1.165, 1.54) is 0 Å². The Morgan fingerprint density at radius 2 is 2.12 bits per heavy atom. The Labute approximate surface area is 151 Å². The van der Waals surface area contributed by atoms with Gasteiger partial charge in [0.1, 0.15) is 11.2 Å². The van der Waals surface area contributed by atoms with Crippen LogP contribution in [0.2, 0.25) is 0 Å². The molecule has 3 heterocycles. The summed E-state index contributed by atoms with van der Waals surface area (Å²) in [6, 6.07) is 7.82. The average molecular weight is 354 g/mol. The Kier molecular flexibility index (Phi) is 3.37. The van der Waals surface area contributed by atoms with Crippen molar-refractivity contribution < 1.29 is 14.7 Å². The zero-order valence-electron chi connectivity index (χ0n) is 14.5. The molecule has 1 amide bonds. The van der Waals surface area contributed by atoms with Crippen LogP contribution in [0.5, 0.6) is 0 Å². The highest BCUT2D eigenvalue weighted by atomic mass is 16.4. The van der Waals surface area contributed by atoms with E-state index in [0.29, 0.717) is 32.1 Å². The Morgan fingerprint density at radius 1 is 1.31 bits per heavy atom. The van der Waals surface area contributed by atoms with E-state index in [1.54, 1.807) is 4.90 Å². The van der Waals surface area contributed by atoms with Crippen molar-refractivity contribution in [3.8, 4) is 0 Å². The van der Waals surface area contributed by atoms with Gasteiger partial charge in [-0.15, -0.1) is 0 Å². The summed E-state index contributed by atoms with van der Waals surface area (Å²) < 4.78 is 0. The third kappa shape index (κ3) is 2.41. The first kappa shape index (κ1) is 15.8. The monoisotopic (exact) mass is 354 g/mol. The number of nitrogens with zero attached hydrogens (tertiary/aromatic N) is 3. The van der Waals surface area contributed by atoms with Crippen LogP contribution in [0, 0.1) is 17.3 Å². The fraction of sp³-hybridized carbons (Fsp3) is 0.526. The van der Waals surface area contributed by atoms with Crippen molar-refractivity contribution in [2.75, 3.05) is 26.2 Å². The number of fused-ring (bicyclic) bond motifs is 2. The quantitative estimate of drug-likeness (QED) is 0.845. The molecule has 2 N–H and O–H groups in total. The molecular weight excluding hydrogens is 332 g/mol. The molecule has 0 spiro atoms. The molecule has 1 saturated carbocycles. The number of hydrogen-bond acceptors (Lipinski definition) is 4. The first-order chi connectivity index (χ1) is 12.5. The smallest absolute Gasteiger partial charge is 0.313 e. The molecule has 2 atom stereocenters. The largest absolute Gasteiger partial charge is 0.481 e. The van der Waals surface area contributed by atoms with Crippen molar-refractivity contribution in [2.24, 2.45) is 17.3 Å². The number of imidazole rings is 1. The zero-order valence-corrected chi connectivity index (χ0v) is 14.5. The summed E-state index contributed by atoms with van der Waals surface area (Å²) in [5, 5.41) is 9.93. The molecule has 2 aliphatic heterocycles. The van der Waals surface area contributed by atoms with Crippen molar-refractivity contribution in [2.45, 2.75) is 19.4 Å². The van der Waals surface area contributed by atoms with Crippen LogP contribution in [0.15, 0.2) is 24.3 Å². The van der Waals surface area contributed by atoms with E-state index in [2.05, 4.69) is 14.9 Å². The lowest BCUT2D eigenvalue weighted by atomic mass is 9.81. The number of carbonyl (C=O) groups excluding carboxylic acids is 1. The molecule has 2 saturated heterocycles. The molecular formula is C19H22N4O3. The van der Waals surface area contributed by atoms with Gasteiger partial charge < -0.3 is 15.0 Å². The molecule has 7 nitrogen and oxygen atoms in total. The molecule has 2 aromatic rings. The lowest BCUT2D eigenvalue weighted by Gasteiger charge is -2.24. The maximum Gasteiger partial charge on any atom is 0.313 e. The van der Waals surface area contributed by atoms with E-state index in [9.17, 15) is 14.7 Å². The Hall–Kier alpha value is -2.41. The molecule has 0 unspecified atom stereocenters. The van der Waals surface area contributed by atoms with Crippen LogP contribution < -0.4 is 0 Å². The number of H-pyrrole nitrogens is 1. The maximum absolute atomic E-state index is 12.8. The number of aromatic amines is 1. The Bertz CT molecular complexity index is 857. The van der Waals surface area contributed by atoms with Crippen LogP contribution in [0.3, 0.4) is 0 Å². The second-order valence-electron chi connectivity index (χ2n) is 8.05. The summed E-state index contributed by atoms with van der Waals surface area (Å²) in [5.41, 5.74) is 0.904. The summed E-state index contributed by atoms with van der Waals surface area (Å²) in [6.07, 6.45) is 2.32. The van der Waals surface area contributed by atoms with Crippen LogP contribution in [-0.4, -0.2) is 62.9 Å². The zero-order chi connectivity index (χ0) is 17.9.